The standard InChI is InChI=1S/C12H13ClO2/c1-9(15-10(2)14)3-4-11-5-7-12(13)8-6-11/h3-9H,1-2H3/b4-3+/t9-/m1/s1. The average Bonchev–Trinajstić information content (AvgIpc) is 2.16. The van der Waals surface area contributed by atoms with Gasteiger partial charge < -0.3 is 4.74 Å². The Kier molecular flexibility index (Phi) is 4.37. The van der Waals surface area contributed by atoms with Crippen LogP contribution in [0.2, 0.25) is 5.02 Å². The Morgan fingerprint density at radius 2 is 2.00 bits per heavy atom. The third-order valence-electron chi connectivity index (χ3n) is 1.78. The van der Waals surface area contributed by atoms with Gasteiger partial charge in [0.05, 0.1) is 0 Å². The molecule has 0 N–H and O–H groups in total. The smallest absolute Gasteiger partial charge is 0.303 e. The Hall–Kier alpha value is -1.28. The summed E-state index contributed by atoms with van der Waals surface area (Å²) in [5.74, 6) is -0.275. The minimum Gasteiger partial charge on any atom is -0.459 e. The summed E-state index contributed by atoms with van der Waals surface area (Å²) in [6.07, 6.45) is 3.51. The van der Waals surface area contributed by atoms with E-state index in [1.165, 1.54) is 6.92 Å². The number of ether oxygens (including phenoxy) is 1. The molecular weight excluding hydrogens is 212 g/mol. The minimum absolute atomic E-state index is 0.210. The summed E-state index contributed by atoms with van der Waals surface area (Å²) in [7, 11) is 0. The Balaban J connectivity index is 2.57. The molecule has 1 aromatic rings. The number of halogens is 1. The van der Waals surface area contributed by atoms with E-state index in [4.69, 9.17) is 16.3 Å². The fourth-order valence-corrected chi connectivity index (χ4v) is 1.25. The summed E-state index contributed by atoms with van der Waals surface area (Å²) in [4.78, 5) is 10.6. The number of esters is 1. The highest BCUT2D eigenvalue weighted by Gasteiger charge is 1.99. The van der Waals surface area contributed by atoms with Crippen LogP contribution >= 0.6 is 11.6 Å². The molecule has 0 bridgehead atoms. The fraction of sp³-hybridized carbons (Fsp3) is 0.250. The molecule has 80 valence electrons. The van der Waals surface area contributed by atoms with Crippen LogP contribution in [0.3, 0.4) is 0 Å². The summed E-state index contributed by atoms with van der Waals surface area (Å²) in [5, 5.41) is 0.709. The largest absolute Gasteiger partial charge is 0.459 e. The van der Waals surface area contributed by atoms with E-state index in [-0.39, 0.29) is 12.1 Å². The van der Waals surface area contributed by atoms with E-state index in [0.29, 0.717) is 5.02 Å². The lowest BCUT2D eigenvalue weighted by molar-refractivity contribution is -0.143. The quantitative estimate of drug-likeness (QED) is 0.737. The molecule has 0 spiro atoms. The van der Waals surface area contributed by atoms with E-state index in [2.05, 4.69) is 0 Å². The maximum Gasteiger partial charge on any atom is 0.303 e. The van der Waals surface area contributed by atoms with E-state index in [1.807, 2.05) is 43.3 Å². The minimum atomic E-state index is -0.275. The monoisotopic (exact) mass is 224 g/mol. The van der Waals surface area contributed by atoms with Gasteiger partial charge >= 0.3 is 5.97 Å². The normalized spacial score (nSPS) is 12.7. The van der Waals surface area contributed by atoms with E-state index in [9.17, 15) is 4.79 Å². The average molecular weight is 225 g/mol. The Morgan fingerprint density at radius 3 is 2.53 bits per heavy atom. The van der Waals surface area contributed by atoms with Gasteiger partial charge in [-0.3, -0.25) is 4.79 Å². The molecule has 0 aromatic heterocycles. The molecule has 15 heavy (non-hydrogen) atoms. The van der Waals surface area contributed by atoms with Crippen LogP contribution in [0.5, 0.6) is 0 Å². The first-order chi connectivity index (χ1) is 7.08. The second kappa shape index (κ2) is 5.56. The molecule has 0 saturated heterocycles. The zero-order valence-electron chi connectivity index (χ0n) is 8.74. The van der Waals surface area contributed by atoms with Gasteiger partial charge in [-0.1, -0.05) is 29.8 Å². The lowest BCUT2D eigenvalue weighted by Crippen LogP contribution is -2.08. The molecule has 1 rings (SSSR count). The van der Waals surface area contributed by atoms with Crippen LogP contribution in [0, 0.1) is 0 Å². The molecule has 0 aliphatic carbocycles. The van der Waals surface area contributed by atoms with Crippen LogP contribution < -0.4 is 0 Å². The van der Waals surface area contributed by atoms with Gasteiger partial charge in [0.15, 0.2) is 0 Å². The van der Waals surface area contributed by atoms with Crippen LogP contribution in [0.15, 0.2) is 30.3 Å². The number of benzene rings is 1. The third-order valence-corrected chi connectivity index (χ3v) is 2.03. The van der Waals surface area contributed by atoms with Crippen LogP contribution in [0.25, 0.3) is 6.08 Å². The van der Waals surface area contributed by atoms with Gasteiger partial charge in [0.2, 0.25) is 0 Å². The highest BCUT2D eigenvalue weighted by molar-refractivity contribution is 6.30. The van der Waals surface area contributed by atoms with Crippen molar-refractivity contribution in [2.75, 3.05) is 0 Å². The molecule has 2 nitrogen and oxygen atoms in total. The number of carbonyl (C=O) groups is 1. The molecule has 0 aliphatic rings. The second-order valence-corrected chi connectivity index (χ2v) is 3.66. The van der Waals surface area contributed by atoms with Crippen LogP contribution in [0.1, 0.15) is 19.4 Å². The van der Waals surface area contributed by atoms with Gasteiger partial charge in [0.1, 0.15) is 6.10 Å². The molecule has 0 unspecified atom stereocenters. The molecule has 0 saturated carbocycles. The Bertz CT molecular complexity index is 354. The summed E-state index contributed by atoms with van der Waals surface area (Å²) < 4.78 is 4.94. The Morgan fingerprint density at radius 1 is 1.40 bits per heavy atom. The van der Waals surface area contributed by atoms with E-state index in [0.717, 1.165) is 5.56 Å². The zero-order chi connectivity index (χ0) is 11.3. The lowest BCUT2D eigenvalue weighted by atomic mass is 10.2. The van der Waals surface area contributed by atoms with Crippen LogP contribution in [-0.4, -0.2) is 12.1 Å². The first-order valence-corrected chi connectivity index (χ1v) is 5.06. The van der Waals surface area contributed by atoms with Crippen molar-refractivity contribution in [1.29, 1.82) is 0 Å². The maximum atomic E-state index is 10.6. The molecule has 3 heteroatoms. The van der Waals surface area contributed by atoms with Crippen molar-refractivity contribution in [2.45, 2.75) is 20.0 Å². The van der Waals surface area contributed by atoms with Crippen molar-refractivity contribution in [1.82, 2.24) is 0 Å². The third kappa shape index (κ3) is 4.66. The molecule has 0 amide bonds. The number of carbonyl (C=O) groups excluding carboxylic acids is 1. The SMILES string of the molecule is CC(=O)O[C@H](C)/C=C/c1ccc(Cl)cc1. The van der Waals surface area contributed by atoms with Gasteiger partial charge in [-0.25, -0.2) is 0 Å². The first-order valence-electron chi connectivity index (χ1n) is 4.69. The number of rotatable bonds is 3. The molecule has 1 atom stereocenters. The van der Waals surface area contributed by atoms with Crippen molar-refractivity contribution in [2.24, 2.45) is 0 Å². The predicted molar refractivity (Wildman–Crippen MR) is 61.7 cm³/mol. The van der Waals surface area contributed by atoms with Gasteiger partial charge in [0, 0.05) is 11.9 Å². The molecule has 1 aromatic carbocycles. The Labute approximate surface area is 94.5 Å². The molecular formula is C12H13ClO2. The van der Waals surface area contributed by atoms with Gasteiger partial charge in [-0.2, -0.15) is 0 Å². The summed E-state index contributed by atoms with van der Waals surface area (Å²) in [5.41, 5.74) is 1.03. The van der Waals surface area contributed by atoms with Crippen molar-refractivity contribution in [3.8, 4) is 0 Å². The summed E-state index contributed by atoms with van der Waals surface area (Å²) >= 11 is 5.75. The van der Waals surface area contributed by atoms with E-state index >= 15 is 0 Å². The van der Waals surface area contributed by atoms with Crippen molar-refractivity contribution in [3.63, 3.8) is 0 Å². The van der Waals surface area contributed by atoms with Gasteiger partial charge in [-0.15, -0.1) is 0 Å². The van der Waals surface area contributed by atoms with Crippen LogP contribution in [-0.2, 0) is 9.53 Å². The predicted octanol–water partition coefficient (Wildman–Crippen LogP) is 3.30. The van der Waals surface area contributed by atoms with E-state index in [1.54, 1.807) is 0 Å². The van der Waals surface area contributed by atoms with Crippen molar-refractivity contribution >= 4 is 23.6 Å². The molecule has 0 heterocycles. The zero-order valence-corrected chi connectivity index (χ0v) is 9.49. The highest BCUT2D eigenvalue weighted by Crippen LogP contribution is 2.11. The number of hydrogen-bond acceptors (Lipinski definition) is 2. The lowest BCUT2D eigenvalue weighted by Gasteiger charge is -2.05. The molecule has 0 fully saturated rings. The topological polar surface area (TPSA) is 26.3 Å². The van der Waals surface area contributed by atoms with Gasteiger partial charge in [0.25, 0.3) is 0 Å². The second-order valence-electron chi connectivity index (χ2n) is 3.23. The van der Waals surface area contributed by atoms with Crippen molar-refractivity contribution < 1.29 is 9.53 Å². The van der Waals surface area contributed by atoms with Gasteiger partial charge in [-0.05, 0) is 30.7 Å². The first kappa shape index (κ1) is 11.8. The maximum absolute atomic E-state index is 10.6. The molecule has 0 radical (unpaired) electrons. The van der Waals surface area contributed by atoms with Crippen molar-refractivity contribution in [3.05, 3.63) is 40.9 Å². The fourth-order valence-electron chi connectivity index (χ4n) is 1.12. The van der Waals surface area contributed by atoms with Crippen LogP contribution in [0.4, 0.5) is 0 Å². The summed E-state index contributed by atoms with van der Waals surface area (Å²) in [6.45, 7) is 3.21. The number of hydrogen-bond donors (Lipinski definition) is 0. The van der Waals surface area contributed by atoms with E-state index < -0.39 is 0 Å². The highest BCUT2D eigenvalue weighted by atomic mass is 35.5. The molecule has 0 aliphatic heterocycles. The summed E-state index contributed by atoms with van der Waals surface area (Å²) in [6, 6.07) is 7.44.